The van der Waals surface area contributed by atoms with Gasteiger partial charge in [-0.15, -0.1) is 0 Å². The van der Waals surface area contributed by atoms with E-state index >= 15 is 0 Å². The fourth-order valence-corrected chi connectivity index (χ4v) is 3.56. The van der Waals surface area contributed by atoms with Crippen LogP contribution in [0.15, 0.2) is 36.5 Å². The normalized spacial score (nSPS) is 14.5. The molecule has 1 aliphatic heterocycles. The highest BCUT2D eigenvalue weighted by molar-refractivity contribution is 6.30. The number of H-pyrrole nitrogens is 1. The van der Waals surface area contributed by atoms with Crippen LogP contribution in [0.5, 0.6) is 0 Å². The number of hydrogen-bond acceptors (Lipinski definition) is 3. The first kappa shape index (κ1) is 16.3. The predicted octanol–water partition coefficient (Wildman–Crippen LogP) is 4.30. The van der Waals surface area contributed by atoms with Crippen molar-refractivity contribution in [2.45, 2.75) is 33.4 Å². The highest BCUT2D eigenvalue weighted by Gasteiger charge is 2.19. The Kier molecular flexibility index (Phi) is 4.32. The Bertz CT molecular complexity index is 899. The summed E-state index contributed by atoms with van der Waals surface area (Å²) >= 11 is 5.96. The lowest BCUT2D eigenvalue weighted by Crippen LogP contribution is -2.31. The van der Waals surface area contributed by atoms with E-state index in [9.17, 15) is 0 Å². The molecule has 0 fully saturated rings. The van der Waals surface area contributed by atoms with E-state index in [1.807, 2.05) is 30.5 Å². The van der Waals surface area contributed by atoms with Crippen molar-refractivity contribution < 1.29 is 0 Å². The summed E-state index contributed by atoms with van der Waals surface area (Å²) in [4.78, 5) is 15.2. The summed E-state index contributed by atoms with van der Waals surface area (Å²) in [7, 11) is 0. The third kappa shape index (κ3) is 3.46. The average molecular weight is 353 g/mol. The van der Waals surface area contributed by atoms with E-state index in [2.05, 4.69) is 34.8 Å². The molecule has 128 valence electrons. The molecule has 1 aliphatic rings. The summed E-state index contributed by atoms with van der Waals surface area (Å²) in [6.45, 7) is 7.14. The smallest absolute Gasteiger partial charge is 0.159 e. The van der Waals surface area contributed by atoms with Crippen molar-refractivity contribution in [1.29, 1.82) is 0 Å². The highest BCUT2D eigenvalue weighted by atomic mass is 35.5. The summed E-state index contributed by atoms with van der Waals surface area (Å²) in [6.07, 6.45) is 2.94. The van der Waals surface area contributed by atoms with E-state index in [-0.39, 0.29) is 0 Å². The first-order valence-corrected chi connectivity index (χ1v) is 8.94. The van der Waals surface area contributed by atoms with Gasteiger partial charge < -0.3 is 4.98 Å². The topological polar surface area (TPSA) is 44.8 Å². The molecule has 1 N–H and O–H groups in total. The molecule has 0 atom stereocenters. The van der Waals surface area contributed by atoms with Gasteiger partial charge in [0, 0.05) is 59.8 Å². The van der Waals surface area contributed by atoms with Gasteiger partial charge >= 0.3 is 0 Å². The van der Waals surface area contributed by atoms with Crippen molar-refractivity contribution in [1.82, 2.24) is 19.9 Å². The number of nitrogens with one attached hydrogen (secondary N) is 1. The van der Waals surface area contributed by atoms with Crippen LogP contribution in [0.3, 0.4) is 0 Å². The van der Waals surface area contributed by atoms with Crippen LogP contribution in [0.4, 0.5) is 0 Å². The SMILES string of the molecule is Cc1cc(CN2CCc3nc(-c4ccc(Cl)cc4)ncc3C2)c(C)[nH]1. The maximum atomic E-state index is 5.96. The van der Waals surface area contributed by atoms with Crippen LogP contribution in [0.25, 0.3) is 11.4 Å². The van der Waals surface area contributed by atoms with Crippen molar-refractivity contribution in [3.05, 3.63) is 69.8 Å². The van der Waals surface area contributed by atoms with Gasteiger partial charge in [0.1, 0.15) is 0 Å². The Morgan fingerprint density at radius 2 is 2.00 bits per heavy atom. The van der Waals surface area contributed by atoms with Gasteiger partial charge in [-0.3, -0.25) is 4.90 Å². The van der Waals surface area contributed by atoms with Gasteiger partial charge in [-0.05, 0) is 49.7 Å². The molecule has 25 heavy (non-hydrogen) atoms. The number of hydrogen-bond donors (Lipinski definition) is 1. The second kappa shape index (κ2) is 6.62. The molecule has 3 aromatic rings. The fourth-order valence-electron chi connectivity index (χ4n) is 3.43. The van der Waals surface area contributed by atoms with Gasteiger partial charge in [0.05, 0.1) is 5.69 Å². The van der Waals surface area contributed by atoms with Crippen LogP contribution in [0, 0.1) is 13.8 Å². The number of aryl methyl sites for hydroxylation is 2. The van der Waals surface area contributed by atoms with Gasteiger partial charge in [-0.25, -0.2) is 9.97 Å². The molecule has 0 aliphatic carbocycles. The Morgan fingerprint density at radius 3 is 2.72 bits per heavy atom. The molecular weight excluding hydrogens is 332 g/mol. The Hall–Kier alpha value is -2.17. The molecular formula is C20H21ClN4. The number of aromatic nitrogens is 3. The van der Waals surface area contributed by atoms with Crippen molar-refractivity contribution >= 4 is 11.6 Å². The van der Waals surface area contributed by atoms with Crippen molar-refractivity contribution in [3.8, 4) is 11.4 Å². The summed E-state index contributed by atoms with van der Waals surface area (Å²) in [5.41, 5.74) is 7.26. The molecule has 4 rings (SSSR count). The quantitative estimate of drug-likeness (QED) is 0.764. The Labute approximate surface area is 152 Å². The van der Waals surface area contributed by atoms with Crippen molar-refractivity contribution in [3.63, 3.8) is 0 Å². The van der Waals surface area contributed by atoms with E-state index in [4.69, 9.17) is 16.6 Å². The zero-order valence-corrected chi connectivity index (χ0v) is 15.3. The maximum Gasteiger partial charge on any atom is 0.159 e. The third-order valence-electron chi connectivity index (χ3n) is 4.77. The molecule has 0 bridgehead atoms. The van der Waals surface area contributed by atoms with E-state index in [1.54, 1.807) is 0 Å². The number of fused-ring (bicyclic) bond motifs is 1. The standard InChI is InChI=1S/C20H21ClN4/c1-13-9-16(14(2)23-13)11-25-8-7-19-17(12-25)10-22-20(24-19)15-3-5-18(21)6-4-15/h3-6,9-10,23H,7-8,11-12H2,1-2H3. The molecule has 1 aromatic carbocycles. The molecule has 0 unspecified atom stereocenters. The monoisotopic (exact) mass is 352 g/mol. The molecule has 4 nitrogen and oxygen atoms in total. The molecule has 0 saturated heterocycles. The Morgan fingerprint density at radius 1 is 1.20 bits per heavy atom. The fraction of sp³-hybridized carbons (Fsp3) is 0.300. The molecule has 0 amide bonds. The van der Waals surface area contributed by atoms with Crippen LogP contribution < -0.4 is 0 Å². The zero-order chi connectivity index (χ0) is 17.4. The summed E-state index contributed by atoms with van der Waals surface area (Å²) in [5, 5.41) is 0.729. The lowest BCUT2D eigenvalue weighted by atomic mass is 10.1. The van der Waals surface area contributed by atoms with E-state index in [0.29, 0.717) is 0 Å². The zero-order valence-electron chi connectivity index (χ0n) is 14.5. The van der Waals surface area contributed by atoms with Crippen molar-refractivity contribution in [2.24, 2.45) is 0 Å². The second-order valence-electron chi connectivity index (χ2n) is 6.74. The largest absolute Gasteiger partial charge is 0.362 e. The average Bonchev–Trinajstić information content (AvgIpc) is 2.92. The summed E-state index contributed by atoms with van der Waals surface area (Å²) < 4.78 is 0. The minimum absolute atomic E-state index is 0.729. The molecule has 2 aromatic heterocycles. The number of rotatable bonds is 3. The lowest BCUT2D eigenvalue weighted by molar-refractivity contribution is 0.242. The lowest BCUT2D eigenvalue weighted by Gasteiger charge is -2.28. The van der Waals surface area contributed by atoms with Crippen molar-refractivity contribution in [2.75, 3.05) is 6.54 Å². The number of nitrogens with zero attached hydrogens (tertiary/aromatic N) is 3. The van der Waals surface area contributed by atoms with Crippen LogP contribution in [-0.2, 0) is 19.5 Å². The van der Waals surface area contributed by atoms with E-state index in [1.165, 1.54) is 22.5 Å². The molecule has 0 saturated carbocycles. The minimum Gasteiger partial charge on any atom is -0.362 e. The molecule has 0 radical (unpaired) electrons. The summed E-state index contributed by atoms with van der Waals surface area (Å²) in [6, 6.07) is 9.93. The van der Waals surface area contributed by atoms with Crippen LogP contribution in [0.2, 0.25) is 5.02 Å². The number of aromatic amines is 1. The van der Waals surface area contributed by atoms with Gasteiger partial charge in [0.2, 0.25) is 0 Å². The first-order valence-electron chi connectivity index (χ1n) is 8.56. The van der Waals surface area contributed by atoms with Gasteiger partial charge in [-0.1, -0.05) is 11.6 Å². The number of benzene rings is 1. The maximum absolute atomic E-state index is 5.96. The van der Waals surface area contributed by atoms with E-state index < -0.39 is 0 Å². The molecule has 0 spiro atoms. The molecule has 5 heteroatoms. The van der Waals surface area contributed by atoms with Crippen LogP contribution in [-0.4, -0.2) is 26.4 Å². The van der Waals surface area contributed by atoms with Crippen LogP contribution in [0.1, 0.15) is 28.2 Å². The van der Waals surface area contributed by atoms with E-state index in [0.717, 1.165) is 48.2 Å². The second-order valence-corrected chi connectivity index (χ2v) is 7.17. The summed E-state index contributed by atoms with van der Waals surface area (Å²) in [5.74, 6) is 0.779. The highest BCUT2D eigenvalue weighted by Crippen LogP contribution is 2.23. The third-order valence-corrected chi connectivity index (χ3v) is 5.02. The first-order chi connectivity index (χ1) is 12.1. The van der Waals surface area contributed by atoms with Gasteiger partial charge in [0.25, 0.3) is 0 Å². The van der Waals surface area contributed by atoms with Gasteiger partial charge in [-0.2, -0.15) is 0 Å². The van der Waals surface area contributed by atoms with Gasteiger partial charge in [0.15, 0.2) is 5.82 Å². The molecule has 3 heterocycles. The number of halogens is 1. The minimum atomic E-state index is 0.729. The van der Waals surface area contributed by atoms with Crippen LogP contribution >= 0.6 is 11.6 Å². The Balaban J connectivity index is 1.52. The predicted molar refractivity (Wildman–Crippen MR) is 101 cm³/mol.